The molecule has 116 valence electrons. The minimum atomic E-state index is -0.387. The summed E-state index contributed by atoms with van der Waals surface area (Å²) in [6.45, 7) is 3.13. The first-order chi connectivity index (χ1) is 10.7. The molecule has 2 aromatic rings. The topological polar surface area (TPSA) is 104 Å². The molecule has 2 aromatic heterocycles. The third kappa shape index (κ3) is 2.77. The molecule has 1 unspecified atom stereocenters. The maximum atomic E-state index is 12.5. The van der Waals surface area contributed by atoms with Crippen LogP contribution in [0.15, 0.2) is 23.1 Å². The first-order valence-corrected chi connectivity index (χ1v) is 7.18. The zero-order chi connectivity index (χ0) is 15.5. The lowest BCUT2D eigenvalue weighted by Crippen LogP contribution is -2.44. The van der Waals surface area contributed by atoms with Gasteiger partial charge in [0.1, 0.15) is 17.5 Å². The molecule has 1 fully saturated rings. The number of hydrogen-bond donors (Lipinski definition) is 2. The first-order valence-electron chi connectivity index (χ1n) is 7.18. The molecule has 1 aliphatic heterocycles. The summed E-state index contributed by atoms with van der Waals surface area (Å²) in [5.41, 5.74) is -0.255. The highest BCUT2D eigenvalue weighted by Gasteiger charge is 2.29. The van der Waals surface area contributed by atoms with E-state index >= 15 is 0 Å². The van der Waals surface area contributed by atoms with Gasteiger partial charge in [-0.05, 0) is 12.1 Å². The molecule has 0 aliphatic carbocycles. The van der Waals surface area contributed by atoms with Crippen LogP contribution in [-0.2, 0) is 11.2 Å². The quantitative estimate of drug-likeness (QED) is 0.847. The number of aromatic nitrogens is 4. The van der Waals surface area contributed by atoms with Crippen LogP contribution in [0.3, 0.4) is 0 Å². The molecule has 22 heavy (non-hydrogen) atoms. The average Bonchev–Trinajstić information content (AvgIpc) is 3.04. The number of rotatable bonds is 3. The van der Waals surface area contributed by atoms with E-state index in [4.69, 9.17) is 4.74 Å². The molecule has 1 atom stereocenters. The molecule has 0 spiro atoms. The van der Waals surface area contributed by atoms with E-state index in [2.05, 4.69) is 20.2 Å². The number of amides is 1. The summed E-state index contributed by atoms with van der Waals surface area (Å²) >= 11 is 0. The summed E-state index contributed by atoms with van der Waals surface area (Å²) in [5.74, 6) is 1.01. The third-order valence-electron chi connectivity index (χ3n) is 3.57. The molecular formula is C14H17N5O3. The van der Waals surface area contributed by atoms with Gasteiger partial charge in [-0.1, -0.05) is 6.92 Å². The number of carbonyl (C=O) groups excluding carboxylic acids is 1. The number of aryl methyl sites for hydroxylation is 1. The standard InChI is InChI=1S/C14H17N5O3/c1-2-11-16-12(18-17-11)10-8-19(6-7-22-10)14(21)9-4-3-5-15-13(9)20/h3-5,10H,2,6-8H2,1H3,(H,15,20)(H,16,17,18). The first kappa shape index (κ1) is 14.5. The van der Waals surface area contributed by atoms with Crippen molar-refractivity contribution >= 4 is 5.91 Å². The van der Waals surface area contributed by atoms with E-state index in [0.29, 0.717) is 25.5 Å². The molecule has 8 heteroatoms. The molecule has 1 saturated heterocycles. The van der Waals surface area contributed by atoms with E-state index in [1.54, 1.807) is 11.0 Å². The second-order valence-corrected chi connectivity index (χ2v) is 5.02. The predicted molar refractivity (Wildman–Crippen MR) is 77.4 cm³/mol. The Morgan fingerprint density at radius 2 is 2.41 bits per heavy atom. The fraction of sp³-hybridized carbons (Fsp3) is 0.429. The van der Waals surface area contributed by atoms with E-state index < -0.39 is 0 Å². The minimum Gasteiger partial charge on any atom is -0.366 e. The lowest BCUT2D eigenvalue weighted by molar-refractivity contribution is -0.0267. The maximum Gasteiger partial charge on any atom is 0.260 e. The van der Waals surface area contributed by atoms with Crippen LogP contribution in [0.25, 0.3) is 0 Å². The van der Waals surface area contributed by atoms with Crippen molar-refractivity contribution in [1.29, 1.82) is 0 Å². The lowest BCUT2D eigenvalue weighted by Gasteiger charge is -2.31. The van der Waals surface area contributed by atoms with Gasteiger partial charge in [0.05, 0.1) is 13.2 Å². The SMILES string of the molecule is CCc1nc(C2CN(C(=O)c3ccc[nH]c3=O)CCO2)n[nH]1. The van der Waals surface area contributed by atoms with Crippen molar-refractivity contribution < 1.29 is 9.53 Å². The van der Waals surface area contributed by atoms with Gasteiger partial charge in [0, 0.05) is 19.2 Å². The van der Waals surface area contributed by atoms with Crippen molar-refractivity contribution in [2.75, 3.05) is 19.7 Å². The minimum absolute atomic E-state index is 0.132. The Bertz CT molecular complexity index is 723. The number of H-pyrrole nitrogens is 2. The molecule has 0 radical (unpaired) electrons. The van der Waals surface area contributed by atoms with Gasteiger partial charge >= 0.3 is 0 Å². The molecule has 1 aliphatic rings. The van der Waals surface area contributed by atoms with Crippen LogP contribution in [0.4, 0.5) is 0 Å². The maximum absolute atomic E-state index is 12.5. The normalized spacial score (nSPS) is 18.4. The van der Waals surface area contributed by atoms with E-state index in [1.807, 2.05) is 6.92 Å². The van der Waals surface area contributed by atoms with Gasteiger partial charge in [-0.2, -0.15) is 5.10 Å². The molecule has 0 bridgehead atoms. The van der Waals surface area contributed by atoms with Gasteiger partial charge in [-0.25, -0.2) is 4.98 Å². The Balaban J connectivity index is 1.77. The Labute approximate surface area is 126 Å². The van der Waals surface area contributed by atoms with Gasteiger partial charge < -0.3 is 14.6 Å². The van der Waals surface area contributed by atoms with Crippen LogP contribution in [0.5, 0.6) is 0 Å². The van der Waals surface area contributed by atoms with Crippen molar-refractivity contribution in [3.63, 3.8) is 0 Å². The number of nitrogens with one attached hydrogen (secondary N) is 2. The Morgan fingerprint density at radius 1 is 1.55 bits per heavy atom. The number of nitrogens with zero attached hydrogens (tertiary/aromatic N) is 3. The van der Waals surface area contributed by atoms with Crippen molar-refractivity contribution in [3.05, 3.63) is 45.9 Å². The number of morpholine rings is 1. The van der Waals surface area contributed by atoms with Crippen LogP contribution in [0, 0.1) is 0 Å². The second kappa shape index (κ2) is 6.10. The fourth-order valence-electron chi connectivity index (χ4n) is 2.36. The van der Waals surface area contributed by atoms with Gasteiger partial charge in [0.15, 0.2) is 5.82 Å². The van der Waals surface area contributed by atoms with Crippen molar-refractivity contribution in [2.24, 2.45) is 0 Å². The number of hydrogen-bond acceptors (Lipinski definition) is 5. The van der Waals surface area contributed by atoms with E-state index in [9.17, 15) is 9.59 Å². The highest BCUT2D eigenvalue weighted by Crippen LogP contribution is 2.20. The molecule has 2 N–H and O–H groups in total. The monoisotopic (exact) mass is 303 g/mol. The van der Waals surface area contributed by atoms with E-state index in [1.165, 1.54) is 12.3 Å². The summed E-state index contributed by atoms with van der Waals surface area (Å²) in [4.78, 5) is 32.6. The fourth-order valence-corrected chi connectivity index (χ4v) is 2.36. The molecule has 1 amide bonds. The second-order valence-electron chi connectivity index (χ2n) is 5.02. The number of carbonyl (C=O) groups is 1. The summed E-state index contributed by atoms with van der Waals surface area (Å²) in [6.07, 6.45) is 1.88. The van der Waals surface area contributed by atoms with Crippen LogP contribution in [0.2, 0.25) is 0 Å². The lowest BCUT2D eigenvalue weighted by atomic mass is 10.2. The van der Waals surface area contributed by atoms with Gasteiger partial charge in [-0.3, -0.25) is 14.7 Å². The largest absolute Gasteiger partial charge is 0.366 e. The zero-order valence-corrected chi connectivity index (χ0v) is 12.2. The van der Waals surface area contributed by atoms with Crippen LogP contribution in [0.1, 0.15) is 35.0 Å². The summed E-state index contributed by atoms with van der Waals surface area (Å²) in [6, 6.07) is 3.16. The van der Waals surface area contributed by atoms with Crippen LogP contribution < -0.4 is 5.56 Å². The highest BCUT2D eigenvalue weighted by atomic mass is 16.5. The van der Waals surface area contributed by atoms with E-state index in [-0.39, 0.29) is 23.1 Å². The van der Waals surface area contributed by atoms with Crippen LogP contribution in [-0.4, -0.2) is 50.7 Å². The summed E-state index contributed by atoms with van der Waals surface area (Å²) < 4.78 is 5.64. The molecule has 3 rings (SSSR count). The molecule has 0 aromatic carbocycles. The summed E-state index contributed by atoms with van der Waals surface area (Å²) in [5, 5.41) is 6.97. The van der Waals surface area contributed by atoms with Gasteiger partial charge in [0.25, 0.3) is 11.5 Å². The molecule has 8 nitrogen and oxygen atoms in total. The van der Waals surface area contributed by atoms with Gasteiger partial charge in [-0.15, -0.1) is 0 Å². The van der Waals surface area contributed by atoms with Crippen molar-refractivity contribution in [2.45, 2.75) is 19.4 Å². The highest BCUT2D eigenvalue weighted by molar-refractivity contribution is 5.93. The Hall–Kier alpha value is -2.48. The molecule has 3 heterocycles. The smallest absolute Gasteiger partial charge is 0.260 e. The predicted octanol–water partition coefficient (Wildman–Crippen LogP) is 0.269. The molecular weight excluding hydrogens is 286 g/mol. The number of ether oxygens (including phenoxy) is 1. The third-order valence-corrected chi connectivity index (χ3v) is 3.57. The van der Waals surface area contributed by atoms with Crippen molar-refractivity contribution in [1.82, 2.24) is 25.1 Å². The molecule has 0 saturated carbocycles. The van der Waals surface area contributed by atoms with Crippen molar-refractivity contribution in [3.8, 4) is 0 Å². The van der Waals surface area contributed by atoms with Crippen LogP contribution >= 0.6 is 0 Å². The summed E-state index contributed by atoms with van der Waals surface area (Å²) in [7, 11) is 0. The average molecular weight is 303 g/mol. The number of pyridine rings is 1. The zero-order valence-electron chi connectivity index (χ0n) is 12.2. The Kier molecular flexibility index (Phi) is 4.01. The van der Waals surface area contributed by atoms with E-state index in [0.717, 1.165) is 12.2 Å². The number of aromatic amines is 2. The Morgan fingerprint density at radius 3 is 3.14 bits per heavy atom. The van der Waals surface area contributed by atoms with Gasteiger partial charge in [0.2, 0.25) is 0 Å².